The predicted octanol–water partition coefficient (Wildman–Crippen LogP) is 3.26. The van der Waals surface area contributed by atoms with Crippen molar-refractivity contribution in [3.05, 3.63) is 35.9 Å². The Morgan fingerprint density at radius 3 is 1.94 bits per heavy atom. The second-order valence-corrected chi connectivity index (χ2v) is 8.79. The summed E-state index contributed by atoms with van der Waals surface area (Å²) in [6, 6.07) is 11.4. The largest absolute Gasteiger partial charge is 0.397 e. The lowest BCUT2D eigenvalue weighted by Gasteiger charge is -2.41. The maximum Gasteiger partial charge on any atom is 0.347 e. The fraction of sp³-hybridized carbons (Fsp3) is 0.538. The summed E-state index contributed by atoms with van der Waals surface area (Å²) >= 11 is 0. The molecule has 0 atom stereocenters. The summed E-state index contributed by atoms with van der Waals surface area (Å²) in [6.45, 7) is 6.57. The molecule has 0 unspecified atom stereocenters. The molecule has 0 aromatic heterocycles. The van der Waals surface area contributed by atoms with Gasteiger partial charge in [-0.05, 0) is 11.6 Å². The van der Waals surface area contributed by atoms with Crippen molar-refractivity contribution < 1.29 is 8.85 Å². The first-order chi connectivity index (χ1) is 7.54. The summed E-state index contributed by atoms with van der Waals surface area (Å²) in [5.74, 6) is 0. The van der Waals surface area contributed by atoms with Crippen LogP contribution in [0.15, 0.2) is 30.3 Å². The van der Waals surface area contributed by atoms with Crippen molar-refractivity contribution >= 4 is 8.56 Å². The van der Waals surface area contributed by atoms with Crippen molar-refractivity contribution in [1.82, 2.24) is 0 Å². The highest BCUT2D eigenvalue weighted by molar-refractivity contribution is 6.70. The summed E-state index contributed by atoms with van der Waals surface area (Å²) < 4.78 is 11.5. The zero-order valence-electron chi connectivity index (χ0n) is 10.9. The zero-order chi connectivity index (χ0) is 12.2. The number of hydrogen-bond donors (Lipinski definition) is 0. The first-order valence-electron chi connectivity index (χ1n) is 5.70. The summed E-state index contributed by atoms with van der Waals surface area (Å²) in [7, 11) is 1.35. The van der Waals surface area contributed by atoms with E-state index in [1.165, 1.54) is 5.56 Å². The van der Waals surface area contributed by atoms with Crippen molar-refractivity contribution in [2.24, 2.45) is 0 Å². The SMILES string of the molecule is CC[Si](OC)(OC)C(C)(C)c1ccccc1. The van der Waals surface area contributed by atoms with Crippen LogP contribution < -0.4 is 0 Å². The zero-order valence-corrected chi connectivity index (χ0v) is 11.9. The van der Waals surface area contributed by atoms with Gasteiger partial charge in [0.05, 0.1) is 0 Å². The monoisotopic (exact) mass is 238 g/mol. The van der Waals surface area contributed by atoms with Crippen molar-refractivity contribution in [2.75, 3.05) is 14.2 Å². The smallest absolute Gasteiger partial charge is 0.347 e. The molecular formula is C13H22O2Si. The molecule has 90 valence electrons. The summed E-state index contributed by atoms with van der Waals surface area (Å²) in [5, 5.41) is -0.0491. The molecule has 0 fully saturated rings. The molecule has 0 aliphatic carbocycles. The quantitative estimate of drug-likeness (QED) is 0.733. The minimum absolute atomic E-state index is 0.0491. The standard InChI is InChI=1S/C13H22O2Si/c1-6-16(14-4,15-5)13(2,3)12-10-8-7-9-11-12/h7-11H,6H2,1-5H3. The van der Waals surface area contributed by atoms with Crippen LogP contribution >= 0.6 is 0 Å². The Morgan fingerprint density at radius 2 is 1.56 bits per heavy atom. The first kappa shape index (κ1) is 13.4. The highest BCUT2D eigenvalue weighted by atomic mass is 28.4. The Kier molecular flexibility index (Phi) is 4.30. The van der Waals surface area contributed by atoms with E-state index in [0.717, 1.165) is 6.04 Å². The summed E-state index contributed by atoms with van der Waals surface area (Å²) in [6.07, 6.45) is 0. The Balaban J connectivity index is 3.18. The topological polar surface area (TPSA) is 18.5 Å². The second-order valence-electron chi connectivity index (χ2n) is 4.51. The molecule has 1 rings (SSSR count). The van der Waals surface area contributed by atoms with E-state index >= 15 is 0 Å². The highest BCUT2D eigenvalue weighted by Crippen LogP contribution is 2.36. The predicted molar refractivity (Wildman–Crippen MR) is 69.7 cm³/mol. The lowest BCUT2D eigenvalue weighted by molar-refractivity contribution is 0.213. The highest BCUT2D eigenvalue weighted by Gasteiger charge is 2.50. The third kappa shape index (κ3) is 2.07. The summed E-state index contributed by atoms with van der Waals surface area (Å²) in [5.41, 5.74) is 1.28. The minimum atomic E-state index is -2.19. The maximum absolute atomic E-state index is 5.77. The molecule has 1 aromatic rings. The van der Waals surface area contributed by atoms with Crippen LogP contribution in [0.1, 0.15) is 26.3 Å². The van der Waals surface area contributed by atoms with Gasteiger partial charge in [-0.15, -0.1) is 0 Å². The second kappa shape index (κ2) is 5.12. The van der Waals surface area contributed by atoms with Crippen LogP contribution in [0.2, 0.25) is 6.04 Å². The third-order valence-electron chi connectivity index (χ3n) is 3.57. The lowest BCUT2D eigenvalue weighted by Crippen LogP contribution is -2.56. The molecule has 0 amide bonds. The molecule has 0 bridgehead atoms. The molecule has 16 heavy (non-hydrogen) atoms. The van der Waals surface area contributed by atoms with E-state index in [0.29, 0.717) is 0 Å². The van der Waals surface area contributed by atoms with Crippen LogP contribution in [-0.4, -0.2) is 22.8 Å². The average molecular weight is 238 g/mol. The van der Waals surface area contributed by atoms with E-state index in [9.17, 15) is 0 Å². The van der Waals surface area contributed by atoms with Gasteiger partial charge in [0, 0.05) is 19.3 Å². The molecule has 0 saturated heterocycles. The van der Waals surface area contributed by atoms with Crippen LogP contribution in [0.3, 0.4) is 0 Å². The lowest BCUT2D eigenvalue weighted by atomic mass is 10.0. The average Bonchev–Trinajstić information content (AvgIpc) is 2.33. The molecule has 3 heteroatoms. The molecule has 0 saturated carbocycles. The Labute approximate surface area is 99.8 Å². The van der Waals surface area contributed by atoms with Crippen LogP contribution in [0, 0.1) is 0 Å². The third-order valence-corrected chi connectivity index (χ3v) is 8.02. The fourth-order valence-electron chi connectivity index (χ4n) is 2.40. The van der Waals surface area contributed by atoms with Crippen molar-refractivity contribution in [3.63, 3.8) is 0 Å². The van der Waals surface area contributed by atoms with Gasteiger partial charge in [-0.25, -0.2) is 0 Å². The number of rotatable bonds is 5. The van der Waals surface area contributed by atoms with Gasteiger partial charge in [0.1, 0.15) is 0 Å². The van der Waals surface area contributed by atoms with Gasteiger partial charge in [-0.3, -0.25) is 0 Å². The molecule has 0 N–H and O–H groups in total. The number of hydrogen-bond acceptors (Lipinski definition) is 2. The Hall–Kier alpha value is -0.643. The molecule has 0 spiro atoms. The molecule has 0 radical (unpaired) electrons. The minimum Gasteiger partial charge on any atom is -0.397 e. The molecule has 0 aliphatic heterocycles. The molecule has 1 aromatic carbocycles. The van der Waals surface area contributed by atoms with Gasteiger partial charge < -0.3 is 8.85 Å². The normalized spacial score (nSPS) is 12.8. The van der Waals surface area contributed by atoms with E-state index in [2.05, 4.69) is 45.0 Å². The Morgan fingerprint density at radius 1 is 1.06 bits per heavy atom. The van der Waals surface area contributed by atoms with E-state index in [1.807, 2.05) is 6.07 Å². The summed E-state index contributed by atoms with van der Waals surface area (Å²) in [4.78, 5) is 0. The van der Waals surface area contributed by atoms with E-state index in [1.54, 1.807) is 14.2 Å². The van der Waals surface area contributed by atoms with E-state index < -0.39 is 8.56 Å². The molecule has 0 heterocycles. The van der Waals surface area contributed by atoms with E-state index in [-0.39, 0.29) is 5.04 Å². The van der Waals surface area contributed by atoms with Crippen LogP contribution in [0.25, 0.3) is 0 Å². The van der Waals surface area contributed by atoms with Gasteiger partial charge in [0.15, 0.2) is 0 Å². The van der Waals surface area contributed by atoms with Crippen LogP contribution in [0.5, 0.6) is 0 Å². The molecular weight excluding hydrogens is 216 g/mol. The van der Waals surface area contributed by atoms with Crippen LogP contribution in [0.4, 0.5) is 0 Å². The van der Waals surface area contributed by atoms with Gasteiger partial charge in [0.2, 0.25) is 0 Å². The van der Waals surface area contributed by atoms with Gasteiger partial charge in [-0.1, -0.05) is 51.1 Å². The maximum atomic E-state index is 5.77. The van der Waals surface area contributed by atoms with Gasteiger partial charge in [0.25, 0.3) is 0 Å². The van der Waals surface area contributed by atoms with Crippen molar-refractivity contribution in [1.29, 1.82) is 0 Å². The van der Waals surface area contributed by atoms with Gasteiger partial charge in [-0.2, -0.15) is 0 Å². The Bertz CT molecular complexity index is 310. The van der Waals surface area contributed by atoms with Crippen molar-refractivity contribution in [2.45, 2.75) is 31.9 Å². The first-order valence-corrected chi connectivity index (χ1v) is 7.72. The van der Waals surface area contributed by atoms with Crippen LogP contribution in [-0.2, 0) is 13.9 Å². The molecule has 0 aliphatic rings. The fourth-order valence-corrected chi connectivity index (χ4v) is 5.65. The molecule has 2 nitrogen and oxygen atoms in total. The van der Waals surface area contributed by atoms with Gasteiger partial charge >= 0.3 is 8.56 Å². The van der Waals surface area contributed by atoms with Crippen molar-refractivity contribution in [3.8, 4) is 0 Å². The number of benzene rings is 1. The van der Waals surface area contributed by atoms with E-state index in [4.69, 9.17) is 8.85 Å².